The number of para-hydroxylation sites is 2. The topological polar surface area (TPSA) is 68.4 Å². The van der Waals surface area contributed by atoms with Crippen LogP contribution in [0.15, 0.2) is 47.0 Å². The normalized spacial score (nSPS) is 15.0. The van der Waals surface area contributed by atoms with E-state index < -0.39 is 0 Å². The molecule has 1 aromatic carbocycles. The van der Waals surface area contributed by atoms with Gasteiger partial charge in [-0.25, -0.2) is 9.98 Å². The SMILES string of the molecule is CCNC(=NCc1cn2ccsc2n1)N1CCN(c2ccccc2O)CC1.I. The number of imidazole rings is 1. The first-order chi connectivity index (χ1) is 13.2. The fourth-order valence-corrected chi connectivity index (χ4v) is 4.04. The predicted molar refractivity (Wildman–Crippen MR) is 125 cm³/mol. The molecule has 0 radical (unpaired) electrons. The van der Waals surface area contributed by atoms with Gasteiger partial charge in [0.2, 0.25) is 0 Å². The Hall–Kier alpha value is -2.01. The maximum absolute atomic E-state index is 10.1. The van der Waals surface area contributed by atoms with Crippen molar-refractivity contribution < 1.29 is 5.11 Å². The molecule has 0 amide bonds. The second kappa shape index (κ2) is 9.46. The van der Waals surface area contributed by atoms with Crippen LogP contribution in [-0.2, 0) is 6.54 Å². The fourth-order valence-electron chi connectivity index (χ4n) is 3.32. The van der Waals surface area contributed by atoms with E-state index in [2.05, 4.69) is 27.0 Å². The number of thiazole rings is 1. The highest BCUT2D eigenvalue weighted by molar-refractivity contribution is 14.0. The van der Waals surface area contributed by atoms with E-state index in [9.17, 15) is 5.11 Å². The van der Waals surface area contributed by atoms with Gasteiger partial charge < -0.3 is 20.2 Å². The molecule has 2 N–H and O–H groups in total. The van der Waals surface area contributed by atoms with E-state index in [0.29, 0.717) is 12.3 Å². The number of anilines is 1. The minimum atomic E-state index is 0. The van der Waals surface area contributed by atoms with Crippen LogP contribution >= 0.6 is 35.3 Å². The number of fused-ring (bicyclic) bond motifs is 1. The van der Waals surface area contributed by atoms with Gasteiger partial charge in [-0.05, 0) is 19.1 Å². The first kappa shape index (κ1) is 20.7. The number of hydrogen-bond donors (Lipinski definition) is 2. The predicted octanol–water partition coefficient (Wildman–Crippen LogP) is 3.01. The Labute approximate surface area is 185 Å². The number of rotatable bonds is 4. The summed E-state index contributed by atoms with van der Waals surface area (Å²) in [7, 11) is 0. The van der Waals surface area contributed by atoms with Crippen LogP contribution in [0.4, 0.5) is 5.69 Å². The molecule has 3 heterocycles. The number of guanidine groups is 1. The number of aliphatic imine (C=N–C) groups is 1. The largest absolute Gasteiger partial charge is 0.506 e. The quantitative estimate of drug-likeness (QED) is 0.320. The fraction of sp³-hybridized carbons (Fsp3) is 0.368. The van der Waals surface area contributed by atoms with Crippen molar-refractivity contribution in [2.75, 3.05) is 37.6 Å². The van der Waals surface area contributed by atoms with Crippen molar-refractivity contribution in [1.82, 2.24) is 19.6 Å². The van der Waals surface area contributed by atoms with Crippen LogP contribution in [0.3, 0.4) is 0 Å². The molecule has 0 spiro atoms. The molecule has 7 nitrogen and oxygen atoms in total. The van der Waals surface area contributed by atoms with Crippen LogP contribution in [0.5, 0.6) is 5.75 Å². The number of aromatic hydroxyl groups is 1. The summed E-state index contributed by atoms with van der Waals surface area (Å²) in [6.45, 7) is 6.90. The number of halogens is 1. The first-order valence-corrected chi connectivity index (χ1v) is 10.1. The van der Waals surface area contributed by atoms with E-state index in [1.165, 1.54) is 0 Å². The number of hydrogen-bond acceptors (Lipinski definition) is 5. The van der Waals surface area contributed by atoms with Gasteiger partial charge in [0.25, 0.3) is 0 Å². The molecule has 0 atom stereocenters. The van der Waals surface area contributed by atoms with Gasteiger partial charge in [0.15, 0.2) is 10.9 Å². The Morgan fingerprint density at radius 1 is 1.25 bits per heavy atom. The summed E-state index contributed by atoms with van der Waals surface area (Å²) in [6.07, 6.45) is 4.05. The maximum Gasteiger partial charge on any atom is 0.194 e. The van der Waals surface area contributed by atoms with E-state index in [0.717, 1.165) is 55.0 Å². The molecule has 150 valence electrons. The van der Waals surface area contributed by atoms with Crippen LogP contribution < -0.4 is 10.2 Å². The zero-order chi connectivity index (χ0) is 18.6. The number of aromatic nitrogens is 2. The van der Waals surface area contributed by atoms with E-state index in [1.807, 2.05) is 40.4 Å². The van der Waals surface area contributed by atoms with Crippen LogP contribution in [0.1, 0.15) is 12.6 Å². The number of phenolic OH excluding ortho intramolecular Hbond substituents is 1. The second-order valence-corrected chi connectivity index (χ2v) is 7.33. The summed E-state index contributed by atoms with van der Waals surface area (Å²) < 4.78 is 2.04. The molecule has 3 aromatic rings. The Kier molecular flexibility index (Phi) is 7.00. The lowest BCUT2D eigenvalue weighted by molar-refractivity contribution is 0.369. The number of nitrogens with zero attached hydrogens (tertiary/aromatic N) is 5. The Morgan fingerprint density at radius 2 is 2.04 bits per heavy atom. The highest BCUT2D eigenvalue weighted by atomic mass is 127. The molecule has 9 heteroatoms. The smallest absolute Gasteiger partial charge is 0.194 e. The number of nitrogens with one attached hydrogen (secondary N) is 1. The molecule has 4 rings (SSSR count). The second-order valence-electron chi connectivity index (χ2n) is 6.46. The highest BCUT2D eigenvalue weighted by Gasteiger charge is 2.21. The molecule has 0 aliphatic carbocycles. The summed E-state index contributed by atoms with van der Waals surface area (Å²) in [5.74, 6) is 1.26. The van der Waals surface area contributed by atoms with Gasteiger partial charge in [-0.15, -0.1) is 35.3 Å². The Balaban J connectivity index is 0.00000225. The molecule has 2 aromatic heterocycles. The average molecular weight is 512 g/mol. The van der Waals surface area contributed by atoms with Gasteiger partial charge in [-0.1, -0.05) is 12.1 Å². The molecule has 28 heavy (non-hydrogen) atoms. The molecule has 0 saturated carbocycles. The summed E-state index contributed by atoms with van der Waals surface area (Å²) in [4.78, 5) is 14.9. The number of piperazine rings is 1. The molecule has 1 fully saturated rings. The maximum atomic E-state index is 10.1. The summed E-state index contributed by atoms with van der Waals surface area (Å²) in [6, 6.07) is 7.52. The van der Waals surface area contributed by atoms with Crippen LogP contribution in [0.2, 0.25) is 0 Å². The van der Waals surface area contributed by atoms with Crippen molar-refractivity contribution in [3.05, 3.63) is 47.7 Å². The standard InChI is InChI=1S/C19H24N6OS.HI/c1-2-20-18(21-13-15-14-25-11-12-27-19(25)22-15)24-9-7-23(8-10-24)16-5-3-4-6-17(16)26;/h3-6,11-12,14,26H,2,7-10,13H2,1H3,(H,20,21);1H. The van der Waals surface area contributed by atoms with Gasteiger partial charge in [-0.2, -0.15) is 0 Å². The number of phenols is 1. The zero-order valence-corrected chi connectivity index (χ0v) is 18.9. The van der Waals surface area contributed by atoms with Gasteiger partial charge in [0, 0.05) is 50.5 Å². The van der Waals surface area contributed by atoms with E-state index in [-0.39, 0.29) is 24.0 Å². The van der Waals surface area contributed by atoms with Crippen molar-refractivity contribution in [3.63, 3.8) is 0 Å². The van der Waals surface area contributed by atoms with Crippen molar-refractivity contribution in [2.24, 2.45) is 4.99 Å². The third-order valence-corrected chi connectivity index (χ3v) is 5.44. The van der Waals surface area contributed by atoms with E-state index >= 15 is 0 Å². The van der Waals surface area contributed by atoms with Gasteiger partial charge in [0.05, 0.1) is 17.9 Å². The highest BCUT2D eigenvalue weighted by Crippen LogP contribution is 2.27. The average Bonchev–Trinajstić information content (AvgIpc) is 3.27. The van der Waals surface area contributed by atoms with Crippen molar-refractivity contribution >= 4 is 51.9 Å². The molecule has 1 aliphatic rings. The van der Waals surface area contributed by atoms with Crippen LogP contribution in [-0.4, -0.2) is 58.1 Å². The van der Waals surface area contributed by atoms with Crippen molar-refractivity contribution in [1.29, 1.82) is 0 Å². The molecular formula is C19H25IN6OS. The monoisotopic (exact) mass is 512 g/mol. The lowest BCUT2D eigenvalue weighted by atomic mass is 10.2. The number of benzene rings is 1. The summed E-state index contributed by atoms with van der Waals surface area (Å²) in [5.41, 5.74) is 1.88. The molecular weight excluding hydrogens is 487 g/mol. The molecule has 0 bridgehead atoms. The minimum Gasteiger partial charge on any atom is -0.506 e. The molecule has 1 saturated heterocycles. The Morgan fingerprint density at radius 3 is 2.75 bits per heavy atom. The van der Waals surface area contributed by atoms with E-state index in [4.69, 9.17) is 4.99 Å². The Bertz CT molecular complexity index is 903. The zero-order valence-electron chi connectivity index (χ0n) is 15.8. The van der Waals surface area contributed by atoms with Crippen molar-refractivity contribution in [3.8, 4) is 5.75 Å². The lowest BCUT2D eigenvalue weighted by Crippen LogP contribution is -2.52. The first-order valence-electron chi connectivity index (χ1n) is 9.22. The summed E-state index contributed by atoms with van der Waals surface area (Å²) in [5, 5.41) is 15.5. The van der Waals surface area contributed by atoms with Crippen molar-refractivity contribution in [2.45, 2.75) is 13.5 Å². The molecule has 0 unspecified atom stereocenters. The van der Waals surface area contributed by atoms with Gasteiger partial charge in [-0.3, -0.25) is 4.40 Å². The van der Waals surface area contributed by atoms with Gasteiger partial charge in [0.1, 0.15) is 5.75 Å². The van der Waals surface area contributed by atoms with E-state index in [1.54, 1.807) is 17.4 Å². The van der Waals surface area contributed by atoms with Crippen LogP contribution in [0, 0.1) is 0 Å². The molecule has 1 aliphatic heterocycles. The summed E-state index contributed by atoms with van der Waals surface area (Å²) >= 11 is 1.63. The van der Waals surface area contributed by atoms with Gasteiger partial charge >= 0.3 is 0 Å². The lowest BCUT2D eigenvalue weighted by Gasteiger charge is -2.37. The van der Waals surface area contributed by atoms with Crippen LogP contribution in [0.25, 0.3) is 4.96 Å². The minimum absolute atomic E-state index is 0. The third-order valence-electron chi connectivity index (χ3n) is 4.67. The third kappa shape index (κ3) is 4.52.